The number of halogens is 1. The molecule has 0 bridgehead atoms. The third kappa shape index (κ3) is 2.23. The van der Waals surface area contributed by atoms with Gasteiger partial charge in [-0.05, 0) is 30.2 Å². The highest BCUT2D eigenvalue weighted by Crippen LogP contribution is 2.39. The predicted molar refractivity (Wildman–Crippen MR) is 61.2 cm³/mol. The van der Waals surface area contributed by atoms with Gasteiger partial charge < -0.3 is 0 Å². The second-order valence-electron chi connectivity index (χ2n) is 3.86. The van der Waals surface area contributed by atoms with Crippen LogP contribution in [0.4, 0.5) is 4.39 Å². The van der Waals surface area contributed by atoms with Crippen LogP contribution in [0.1, 0.15) is 28.8 Å². The number of carbonyl (C=O) groups is 1. The van der Waals surface area contributed by atoms with Gasteiger partial charge in [0, 0.05) is 11.3 Å². The standard InChI is InChI=1S/C12H13FOS/c13-12(5-2-6-15-9-12)11-4-1-3-10(7-11)8-14/h1,3-4,7-8H,2,5-6,9H2. The fourth-order valence-electron chi connectivity index (χ4n) is 1.88. The number of hydrogen-bond donors (Lipinski definition) is 0. The van der Waals surface area contributed by atoms with Gasteiger partial charge in [0.05, 0.1) is 0 Å². The van der Waals surface area contributed by atoms with Crippen molar-refractivity contribution < 1.29 is 9.18 Å². The third-order valence-corrected chi connectivity index (χ3v) is 3.97. The molecule has 80 valence electrons. The number of thioether (sulfide) groups is 1. The number of alkyl halides is 1. The van der Waals surface area contributed by atoms with E-state index < -0.39 is 5.67 Å². The van der Waals surface area contributed by atoms with Crippen LogP contribution in [0.2, 0.25) is 0 Å². The maximum Gasteiger partial charge on any atom is 0.150 e. The molecule has 15 heavy (non-hydrogen) atoms. The first-order valence-electron chi connectivity index (χ1n) is 5.07. The van der Waals surface area contributed by atoms with Gasteiger partial charge in [-0.2, -0.15) is 11.8 Å². The molecular weight excluding hydrogens is 211 g/mol. The van der Waals surface area contributed by atoms with Gasteiger partial charge in [0.15, 0.2) is 0 Å². The lowest BCUT2D eigenvalue weighted by Crippen LogP contribution is -2.27. The van der Waals surface area contributed by atoms with Crippen LogP contribution in [0.5, 0.6) is 0 Å². The molecule has 1 nitrogen and oxygen atoms in total. The van der Waals surface area contributed by atoms with Crippen LogP contribution < -0.4 is 0 Å². The Morgan fingerprint density at radius 2 is 2.33 bits per heavy atom. The topological polar surface area (TPSA) is 17.1 Å². The van der Waals surface area contributed by atoms with Gasteiger partial charge in [-0.15, -0.1) is 0 Å². The Labute approximate surface area is 93.1 Å². The van der Waals surface area contributed by atoms with Gasteiger partial charge in [-0.25, -0.2) is 4.39 Å². The summed E-state index contributed by atoms with van der Waals surface area (Å²) in [6.07, 6.45) is 2.25. The largest absolute Gasteiger partial charge is 0.298 e. The Balaban J connectivity index is 2.30. The number of benzene rings is 1. The van der Waals surface area contributed by atoms with Crippen LogP contribution in [-0.2, 0) is 5.67 Å². The summed E-state index contributed by atoms with van der Waals surface area (Å²) in [5.74, 6) is 1.55. The Morgan fingerprint density at radius 3 is 3.00 bits per heavy atom. The zero-order chi connectivity index (χ0) is 10.7. The van der Waals surface area contributed by atoms with Gasteiger partial charge in [0.2, 0.25) is 0 Å². The molecule has 0 spiro atoms. The minimum Gasteiger partial charge on any atom is -0.298 e. The van der Waals surface area contributed by atoms with E-state index in [1.54, 1.807) is 36.0 Å². The lowest BCUT2D eigenvalue weighted by Gasteiger charge is -2.29. The Kier molecular flexibility index (Phi) is 3.10. The molecule has 0 saturated carbocycles. The summed E-state index contributed by atoms with van der Waals surface area (Å²) in [6.45, 7) is 0. The normalized spacial score (nSPS) is 26.2. The van der Waals surface area contributed by atoms with E-state index in [2.05, 4.69) is 0 Å². The van der Waals surface area contributed by atoms with Gasteiger partial charge in [-0.3, -0.25) is 4.79 Å². The molecule has 3 heteroatoms. The van der Waals surface area contributed by atoms with Crippen molar-refractivity contribution in [1.29, 1.82) is 0 Å². The van der Waals surface area contributed by atoms with Crippen molar-refractivity contribution >= 4 is 18.0 Å². The second kappa shape index (κ2) is 4.35. The quantitative estimate of drug-likeness (QED) is 0.718. The molecular formula is C12H13FOS. The van der Waals surface area contributed by atoms with Crippen LogP contribution in [0, 0.1) is 0 Å². The lowest BCUT2D eigenvalue weighted by molar-refractivity contribution is 0.112. The van der Waals surface area contributed by atoms with Gasteiger partial charge >= 0.3 is 0 Å². The summed E-state index contributed by atoms with van der Waals surface area (Å²) in [6, 6.07) is 6.90. The maximum absolute atomic E-state index is 14.5. The van der Waals surface area contributed by atoms with Crippen molar-refractivity contribution in [2.45, 2.75) is 18.5 Å². The smallest absolute Gasteiger partial charge is 0.150 e. The van der Waals surface area contributed by atoms with E-state index in [9.17, 15) is 9.18 Å². The molecule has 0 radical (unpaired) electrons. The van der Waals surface area contributed by atoms with Gasteiger partial charge in [-0.1, -0.05) is 18.2 Å². The molecule has 1 unspecified atom stereocenters. The highest BCUT2D eigenvalue weighted by atomic mass is 32.2. The van der Waals surface area contributed by atoms with Crippen LogP contribution in [0.25, 0.3) is 0 Å². The monoisotopic (exact) mass is 224 g/mol. The fraction of sp³-hybridized carbons (Fsp3) is 0.417. The molecule has 1 fully saturated rings. The van der Waals surface area contributed by atoms with Crippen LogP contribution in [0.3, 0.4) is 0 Å². The molecule has 1 saturated heterocycles. The van der Waals surface area contributed by atoms with E-state index in [1.807, 2.05) is 0 Å². The molecule has 0 amide bonds. The summed E-state index contributed by atoms with van der Waals surface area (Å²) in [4.78, 5) is 10.6. The zero-order valence-corrected chi connectivity index (χ0v) is 9.23. The molecule has 1 atom stereocenters. The first-order valence-corrected chi connectivity index (χ1v) is 6.22. The summed E-state index contributed by atoms with van der Waals surface area (Å²) < 4.78 is 14.5. The van der Waals surface area contributed by atoms with Gasteiger partial charge in [0.25, 0.3) is 0 Å². The van der Waals surface area contributed by atoms with Crippen molar-refractivity contribution in [3.05, 3.63) is 35.4 Å². The lowest BCUT2D eigenvalue weighted by atomic mass is 9.91. The first-order chi connectivity index (χ1) is 7.24. The minimum absolute atomic E-state index is 0.509. The summed E-state index contributed by atoms with van der Waals surface area (Å²) in [7, 11) is 0. The number of rotatable bonds is 2. The number of aldehydes is 1. The van der Waals surface area contributed by atoms with Crippen molar-refractivity contribution in [3.8, 4) is 0 Å². The molecule has 0 N–H and O–H groups in total. The highest BCUT2D eigenvalue weighted by molar-refractivity contribution is 7.99. The Bertz CT molecular complexity index is 358. The van der Waals surface area contributed by atoms with Crippen LogP contribution in [0.15, 0.2) is 24.3 Å². The van der Waals surface area contributed by atoms with E-state index in [0.29, 0.717) is 23.3 Å². The van der Waals surface area contributed by atoms with E-state index >= 15 is 0 Å². The molecule has 0 aliphatic carbocycles. The van der Waals surface area contributed by atoms with E-state index in [1.165, 1.54) is 0 Å². The molecule has 1 aromatic rings. The molecule has 1 aliphatic rings. The molecule has 0 aromatic heterocycles. The molecule has 1 heterocycles. The zero-order valence-electron chi connectivity index (χ0n) is 8.41. The average molecular weight is 224 g/mol. The van der Waals surface area contributed by atoms with Gasteiger partial charge in [0.1, 0.15) is 12.0 Å². The summed E-state index contributed by atoms with van der Waals surface area (Å²) in [5.41, 5.74) is -0.0264. The maximum atomic E-state index is 14.5. The highest BCUT2D eigenvalue weighted by Gasteiger charge is 2.34. The second-order valence-corrected chi connectivity index (χ2v) is 4.97. The van der Waals surface area contributed by atoms with Crippen molar-refractivity contribution in [3.63, 3.8) is 0 Å². The summed E-state index contributed by atoms with van der Waals surface area (Å²) >= 11 is 1.65. The first kappa shape index (κ1) is 10.7. The SMILES string of the molecule is O=Cc1cccc(C2(F)CCCSC2)c1. The van der Waals surface area contributed by atoms with Crippen molar-refractivity contribution in [2.75, 3.05) is 11.5 Å². The Morgan fingerprint density at radius 1 is 1.47 bits per heavy atom. The summed E-state index contributed by atoms with van der Waals surface area (Å²) in [5, 5.41) is 0. The predicted octanol–water partition coefficient (Wildman–Crippen LogP) is 3.19. The van der Waals surface area contributed by atoms with Crippen LogP contribution in [-0.4, -0.2) is 17.8 Å². The van der Waals surface area contributed by atoms with E-state index in [0.717, 1.165) is 18.5 Å². The Hall–Kier alpha value is -0.830. The fourth-order valence-corrected chi connectivity index (χ4v) is 3.01. The molecule has 1 aliphatic heterocycles. The van der Waals surface area contributed by atoms with Crippen molar-refractivity contribution in [2.24, 2.45) is 0 Å². The number of carbonyl (C=O) groups excluding carboxylic acids is 1. The van der Waals surface area contributed by atoms with E-state index in [4.69, 9.17) is 0 Å². The van der Waals surface area contributed by atoms with E-state index in [-0.39, 0.29) is 0 Å². The van der Waals surface area contributed by atoms with Crippen LogP contribution >= 0.6 is 11.8 Å². The number of hydrogen-bond acceptors (Lipinski definition) is 2. The minimum atomic E-state index is -1.23. The average Bonchev–Trinajstić information content (AvgIpc) is 2.30. The van der Waals surface area contributed by atoms with Crippen molar-refractivity contribution in [1.82, 2.24) is 0 Å². The molecule has 2 rings (SSSR count). The molecule has 1 aromatic carbocycles. The third-order valence-electron chi connectivity index (χ3n) is 2.73.